The number of ether oxygens (including phenoxy) is 3. The Morgan fingerprint density at radius 2 is 1.67 bits per heavy atom. The van der Waals surface area contributed by atoms with Crippen molar-refractivity contribution in [3.8, 4) is 11.5 Å². The van der Waals surface area contributed by atoms with Gasteiger partial charge in [-0.2, -0.15) is 0 Å². The van der Waals surface area contributed by atoms with E-state index in [9.17, 15) is 9.59 Å². The average molecular weight is 426 g/mol. The van der Waals surface area contributed by atoms with Crippen LogP contribution in [0.4, 0.5) is 5.69 Å². The van der Waals surface area contributed by atoms with Crippen molar-refractivity contribution in [3.63, 3.8) is 0 Å². The second-order valence-corrected chi connectivity index (χ2v) is 7.34. The van der Waals surface area contributed by atoms with Crippen LogP contribution in [0.15, 0.2) is 64.2 Å². The standard InChI is InChI=1S/C23H23NO5S/c1-14-21(23(26)29-4)18(12-15-6-9-17(30-5)10-7-15)22(25)24(14)16-8-11-19(27-2)20(13-16)28-3/h6-13H,1-5H3/b18-12-. The van der Waals surface area contributed by atoms with Crippen LogP contribution in [0.25, 0.3) is 6.08 Å². The van der Waals surface area contributed by atoms with E-state index in [2.05, 4.69) is 0 Å². The van der Waals surface area contributed by atoms with Crippen LogP contribution in [-0.4, -0.2) is 39.5 Å². The highest BCUT2D eigenvalue weighted by Gasteiger charge is 2.38. The molecule has 30 heavy (non-hydrogen) atoms. The highest BCUT2D eigenvalue weighted by Crippen LogP contribution is 2.39. The zero-order valence-corrected chi connectivity index (χ0v) is 18.3. The number of carbonyl (C=O) groups excluding carboxylic acids is 2. The minimum absolute atomic E-state index is 0.242. The minimum Gasteiger partial charge on any atom is -0.493 e. The van der Waals surface area contributed by atoms with E-state index < -0.39 is 5.97 Å². The fourth-order valence-corrected chi connectivity index (χ4v) is 3.73. The maximum absolute atomic E-state index is 13.4. The van der Waals surface area contributed by atoms with Crippen LogP contribution in [0.1, 0.15) is 12.5 Å². The summed E-state index contributed by atoms with van der Waals surface area (Å²) >= 11 is 1.63. The van der Waals surface area contributed by atoms with E-state index in [1.165, 1.54) is 19.1 Å². The normalized spacial score (nSPS) is 15.0. The molecule has 0 unspecified atom stereocenters. The fourth-order valence-electron chi connectivity index (χ4n) is 3.32. The first-order chi connectivity index (χ1) is 14.4. The SMILES string of the molecule is COC(=O)C1=C(C)N(c2ccc(OC)c(OC)c2)C(=O)/C1=C\c1ccc(SC)cc1. The number of allylic oxidation sites excluding steroid dienone is 1. The van der Waals surface area contributed by atoms with E-state index in [4.69, 9.17) is 14.2 Å². The molecule has 0 fully saturated rings. The molecule has 1 aliphatic heterocycles. The second-order valence-electron chi connectivity index (χ2n) is 6.46. The van der Waals surface area contributed by atoms with Gasteiger partial charge in [-0.1, -0.05) is 12.1 Å². The first kappa shape index (κ1) is 21.5. The Morgan fingerprint density at radius 3 is 2.23 bits per heavy atom. The van der Waals surface area contributed by atoms with Crippen molar-refractivity contribution in [2.75, 3.05) is 32.5 Å². The molecule has 2 aromatic carbocycles. The summed E-state index contributed by atoms with van der Waals surface area (Å²) in [6, 6.07) is 12.9. The van der Waals surface area contributed by atoms with Gasteiger partial charge in [0.05, 0.1) is 38.2 Å². The summed E-state index contributed by atoms with van der Waals surface area (Å²) in [6.07, 6.45) is 3.71. The zero-order valence-electron chi connectivity index (χ0n) is 17.5. The highest BCUT2D eigenvalue weighted by molar-refractivity contribution is 7.98. The third-order valence-corrected chi connectivity index (χ3v) is 5.59. The minimum atomic E-state index is -0.559. The molecule has 0 bridgehead atoms. The molecular weight excluding hydrogens is 402 g/mol. The van der Waals surface area contributed by atoms with E-state index in [1.807, 2.05) is 30.5 Å². The lowest BCUT2D eigenvalue weighted by molar-refractivity contribution is -0.136. The Labute approximate surface area is 180 Å². The number of amides is 1. The van der Waals surface area contributed by atoms with Crippen LogP contribution in [0, 0.1) is 0 Å². The molecule has 6 nitrogen and oxygen atoms in total. The van der Waals surface area contributed by atoms with Gasteiger partial charge in [-0.25, -0.2) is 4.79 Å². The fraction of sp³-hybridized carbons (Fsp3) is 0.217. The van der Waals surface area contributed by atoms with Crippen LogP contribution >= 0.6 is 11.8 Å². The van der Waals surface area contributed by atoms with Crippen LogP contribution in [-0.2, 0) is 14.3 Å². The second kappa shape index (κ2) is 9.09. The smallest absolute Gasteiger partial charge is 0.340 e. The molecule has 0 aliphatic carbocycles. The predicted molar refractivity (Wildman–Crippen MR) is 118 cm³/mol. The van der Waals surface area contributed by atoms with Crippen LogP contribution in [0.5, 0.6) is 11.5 Å². The number of hydrogen-bond donors (Lipinski definition) is 0. The Bertz CT molecular complexity index is 1040. The predicted octanol–water partition coefficient (Wildman–Crippen LogP) is 4.30. The van der Waals surface area contributed by atoms with Crippen molar-refractivity contribution in [2.24, 2.45) is 0 Å². The molecule has 0 radical (unpaired) electrons. The molecule has 0 atom stereocenters. The van der Waals surface area contributed by atoms with Crippen LogP contribution in [0.3, 0.4) is 0 Å². The zero-order chi connectivity index (χ0) is 21.8. The van der Waals surface area contributed by atoms with Gasteiger partial charge in [-0.3, -0.25) is 9.69 Å². The first-order valence-corrected chi connectivity index (χ1v) is 10.4. The summed E-state index contributed by atoms with van der Waals surface area (Å²) in [5.41, 5.74) is 2.40. The largest absolute Gasteiger partial charge is 0.493 e. The monoisotopic (exact) mass is 425 g/mol. The molecule has 0 spiro atoms. The van der Waals surface area contributed by atoms with E-state index >= 15 is 0 Å². The Kier molecular flexibility index (Phi) is 6.52. The summed E-state index contributed by atoms with van der Waals surface area (Å²) in [4.78, 5) is 28.5. The van der Waals surface area contributed by atoms with Gasteiger partial charge in [-0.05, 0) is 49.1 Å². The Balaban J connectivity index is 2.10. The molecule has 7 heteroatoms. The van der Waals surface area contributed by atoms with Gasteiger partial charge in [0.1, 0.15) is 0 Å². The highest BCUT2D eigenvalue weighted by atomic mass is 32.2. The molecule has 0 saturated heterocycles. The van der Waals surface area contributed by atoms with Crippen molar-refractivity contribution in [3.05, 3.63) is 64.9 Å². The molecule has 3 rings (SSSR count). The number of methoxy groups -OCH3 is 3. The molecule has 1 heterocycles. The van der Waals surface area contributed by atoms with Crippen LogP contribution < -0.4 is 14.4 Å². The number of hydrogen-bond acceptors (Lipinski definition) is 6. The van der Waals surface area contributed by atoms with Gasteiger partial charge < -0.3 is 14.2 Å². The van der Waals surface area contributed by atoms with Gasteiger partial charge in [0.25, 0.3) is 5.91 Å². The third-order valence-electron chi connectivity index (χ3n) is 4.84. The number of carbonyl (C=O) groups is 2. The molecule has 0 saturated carbocycles. The van der Waals surface area contributed by atoms with Crippen molar-refractivity contribution < 1.29 is 23.8 Å². The summed E-state index contributed by atoms with van der Waals surface area (Å²) in [7, 11) is 4.37. The van der Waals surface area contributed by atoms with Crippen LogP contribution in [0.2, 0.25) is 0 Å². The van der Waals surface area contributed by atoms with E-state index in [0.29, 0.717) is 22.9 Å². The van der Waals surface area contributed by atoms with E-state index in [1.54, 1.807) is 50.1 Å². The summed E-state index contributed by atoms with van der Waals surface area (Å²) < 4.78 is 15.6. The third kappa shape index (κ3) is 3.93. The lowest BCUT2D eigenvalue weighted by atomic mass is 10.0. The van der Waals surface area contributed by atoms with Crippen molar-refractivity contribution in [1.29, 1.82) is 0 Å². The number of thioether (sulfide) groups is 1. The number of anilines is 1. The van der Waals surface area contributed by atoms with Gasteiger partial charge in [-0.15, -0.1) is 11.8 Å². The lowest BCUT2D eigenvalue weighted by Crippen LogP contribution is -2.24. The molecule has 156 valence electrons. The molecule has 1 aliphatic rings. The summed E-state index contributed by atoms with van der Waals surface area (Å²) in [6.45, 7) is 1.72. The maximum atomic E-state index is 13.4. The maximum Gasteiger partial charge on any atom is 0.340 e. The lowest BCUT2D eigenvalue weighted by Gasteiger charge is -2.19. The molecular formula is C23H23NO5S. The van der Waals surface area contributed by atoms with Gasteiger partial charge in [0, 0.05) is 16.7 Å². The molecule has 0 aromatic heterocycles. The van der Waals surface area contributed by atoms with E-state index in [0.717, 1.165) is 10.5 Å². The quantitative estimate of drug-likeness (QED) is 0.391. The first-order valence-electron chi connectivity index (χ1n) is 9.17. The Morgan fingerprint density at radius 1 is 1.00 bits per heavy atom. The van der Waals surface area contributed by atoms with Crippen molar-refractivity contribution in [1.82, 2.24) is 0 Å². The summed E-state index contributed by atoms with van der Waals surface area (Å²) in [5, 5.41) is 0. The number of nitrogens with zero attached hydrogens (tertiary/aromatic N) is 1. The van der Waals surface area contributed by atoms with Gasteiger partial charge >= 0.3 is 5.97 Å². The Hall–Kier alpha value is -3.19. The summed E-state index contributed by atoms with van der Waals surface area (Å²) in [5.74, 6) is 0.164. The topological polar surface area (TPSA) is 65.1 Å². The number of esters is 1. The van der Waals surface area contributed by atoms with E-state index in [-0.39, 0.29) is 17.1 Å². The van der Waals surface area contributed by atoms with Crippen molar-refractivity contribution >= 4 is 35.4 Å². The average Bonchev–Trinajstić information content (AvgIpc) is 3.02. The molecule has 2 aromatic rings. The molecule has 0 N–H and O–H groups in total. The number of benzene rings is 2. The molecule has 1 amide bonds. The van der Waals surface area contributed by atoms with Gasteiger partial charge in [0.2, 0.25) is 0 Å². The van der Waals surface area contributed by atoms with Gasteiger partial charge in [0.15, 0.2) is 11.5 Å². The van der Waals surface area contributed by atoms with Crippen molar-refractivity contribution in [2.45, 2.75) is 11.8 Å². The number of rotatable bonds is 6.